The summed E-state index contributed by atoms with van der Waals surface area (Å²) in [5.41, 5.74) is 10.3. The molecule has 0 bridgehead atoms. The molecule has 256 valence electrons. The normalized spacial score (nSPS) is 12.0. The molecule has 0 radical (unpaired) electrons. The summed E-state index contributed by atoms with van der Waals surface area (Å²) in [6.45, 7) is 0.882. The van der Waals surface area contributed by atoms with E-state index >= 15 is 0 Å². The van der Waals surface area contributed by atoms with Gasteiger partial charge in [0.1, 0.15) is 24.4 Å². The van der Waals surface area contributed by atoms with E-state index in [0.717, 1.165) is 22.3 Å². The van der Waals surface area contributed by atoms with Crippen LogP contribution in [-0.2, 0) is 42.1 Å². The topological polar surface area (TPSA) is 123 Å². The first-order valence-electron chi connectivity index (χ1n) is 16.2. The highest BCUT2D eigenvalue weighted by molar-refractivity contribution is 6.35. The molecule has 2 atom stereocenters. The Bertz CT molecular complexity index is 1850. The largest absolute Gasteiger partial charge is 0.489 e. The van der Waals surface area contributed by atoms with Crippen molar-refractivity contribution in [3.63, 3.8) is 0 Å². The fourth-order valence-corrected chi connectivity index (χ4v) is 5.77. The van der Waals surface area contributed by atoms with Gasteiger partial charge < -0.3 is 26.4 Å². The third kappa shape index (κ3) is 10.4. The number of hydrogen-bond acceptors (Lipinski definition) is 5. The maximum Gasteiger partial charge on any atom is 0.251 e. The predicted octanol–water partition coefficient (Wildman–Crippen LogP) is 6.42. The SMILES string of the molecule is NCc1ccc(CNC(=O)[C@H](Cc2ccccc2)NC(=O)[C@@H](Cc2ccc(OCc3c(Cl)cccc3Cl)cc2)NC(=O)c2ccccc2)cc1. The molecule has 0 aliphatic carbocycles. The number of ether oxygens (including phenoxy) is 1. The molecule has 10 heteroatoms. The smallest absolute Gasteiger partial charge is 0.251 e. The number of nitrogens with one attached hydrogen (secondary N) is 3. The molecule has 5 aromatic rings. The summed E-state index contributed by atoms with van der Waals surface area (Å²) in [6, 6.07) is 36.3. The van der Waals surface area contributed by atoms with Gasteiger partial charge in [0, 0.05) is 47.1 Å². The summed E-state index contributed by atoms with van der Waals surface area (Å²) >= 11 is 12.6. The van der Waals surface area contributed by atoms with Crippen LogP contribution in [0.1, 0.15) is 38.2 Å². The zero-order valence-electron chi connectivity index (χ0n) is 27.3. The van der Waals surface area contributed by atoms with Gasteiger partial charge in [-0.1, -0.05) is 114 Å². The van der Waals surface area contributed by atoms with Gasteiger partial charge in [-0.2, -0.15) is 0 Å². The molecule has 50 heavy (non-hydrogen) atoms. The lowest BCUT2D eigenvalue weighted by molar-refractivity contribution is -0.130. The Hall–Kier alpha value is -5.15. The number of hydrogen-bond donors (Lipinski definition) is 4. The summed E-state index contributed by atoms with van der Waals surface area (Å²) < 4.78 is 5.92. The Balaban J connectivity index is 1.32. The molecule has 0 saturated carbocycles. The van der Waals surface area contributed by atoms with Crippen molar-refractivity contribution in [2.75, 3.05) is 0 Å². The van der Waals surface area contributed by atoms with Crippen molar-refractivity contribution in [1.82, 2.24) is 16.0 Å². The third-order valence-corrected chi connectivity index (χ3v) is 8.82. The van der Waals surface area contributed by atoms with Gasteiger partial charge in [-0.3, -0.25) is 14.4 Å². The van der Waals surface area contributed by atoms with E-state index in [-0.39, 0.29) is 31.9 Å². The molecule has 3 amide bonds. The fourth-order valence-electron chi connectivity index (χ4n) is 5.26. The average Bonchev–Trinajstić information content (AvgIpc) is 3.14. The summed E-state index contributed by atoms with van der Waals surface area (Å²) in [4.78, 5) is 40.8. The van der Waals surface area contributed by atoms with Crippen LogP contribution in [0.25, 0.3) is 0 Å². The molecule has 0 spiro atoms. The minimum atomic E-state index is -0.994. The van der Waals surface area contributed by atoms with Crippen molar-refractivity contribution in [3.05, 3.63) is 171 Å². The molecule has 0 aliphatic rings. The van der Waals surface area contributed by atoms with Crippen LogP contribution in [0.5, 0.6) is 5.75 Å². The monoisotopic (exact) mass is 708 g/mol. The molecule has 5 N–H and O–H groups in total. The second-order valence-electron chi connectivity index (χ2n) is 11.7. The van der Waals surface area contributed by atoms with Crippen LogP contribution in [0.4, 0.5) is 0 Å². The summed E-state index contributed by atoms with van der Waals surface area (Å²) in [7, 11) is 0. The first kappa shape index (κ1) is 36.1. The summed E-state index contributed by atoms with van der Waals surface area (Å²) in [5, 5.41) is 9.78. The molecule has 0 aromatic heterocycles. The van der Waals surface area contributed by atoms with E-state index < -0.39 is 23.9 Å². The van der Waals surface area contributed by atoms with E-state index in [4.69, 9.17) is 33.7 Å². The lowest BCUT2D eigenvalue weighted by Crippen LogP contribution is -2.55. The molecule has 5 rings (SSSR count). The van der Waals surface area contributed by atoms with E-state index in [0.29, 0.717) is 33.5 Å². The van der Waals surface area contributed by atoms with Gasteiger partial charge in [0.15, 0.2) is 0 Å². The zero-order chi connectivity index (χ0) is 35.3. The number of amides is 3. The fraction of sp³-hybridized carbons (Fsp3) is 0.175. The number of benzene rings is 5. The molecule has 8 nitrogen and oxygen atoms in total. The van der Waals surface area contributed by atoms with Crippen molar-refractivity contribution >= 4 is 40.9 Å². The van der Waals surface area contributed by atoms with Gasteiger partial charge in [0.25, 0.3) is 5.91 Å². The lowest BCUT2D eigenvalue weighted by atomic mass is 10.0. The van der Waals surface area contributed by atoms with Crippen molar-refractivity contribution in [2.45, 2.75) is 44.6 Å². The quantitative estimate of drug-likeness (QED) is 0.100. The van der Waals surface area contributed by atoms with Crippen LogP contribution >= 0.6 is 23.2 Å². The van der Waals surface area contributed by atoms with E-state index in [9.17, 15) is 14.4 Å². The van der Waals surface area contributed by atoms with Gasteiger partial charge >= 0.3 is 0 Å². The van der Waals surface area contributed by atoms with E-state index in [1.54, 1.807) is 54.6 Å². The number of carbonyl (C=O) groups is 3. The maximum atomic E-state index is 14.0. The van der Waals surface area contributed by atoms with E-state index in [1.807, 2.05) is 72.8 Å². The Morgan fingerprint density at radius 3 is 1.76 bits per heavy atom. The van der Waals surface area contributed by atoms with Crippen LogP contribution in [0.2, 0.25) is 10.0 Å². The second-order valence-corrected chi connectivity index (χ2v) is 12.5. The Morgan fingerprint density at radius 1 is 0.600 bits per heavy atom. The average molecular weight is 710 g/mol. The van der Waals surface area contributed by atoms with Crippen LogP contribution in [0.3, 0.4) is 0 Å². The standard InChI is InChI=1S/C40H38Cl2N4O4/c41-34-12-7-13-35(42)33(34)26-50-32-20-18-28(19-21-32)23-37(45-38(47)31-10-5-2-6-11-31)40(49)46-36(22-27-8-3-1-4-9-27)39(48)44-25-30-16-14-29(24-43)15-17-30/h1-21,36-37H,22-26,43H2,(H,44,48)(H,45,47)(H,46,49)/t36-,37+/m0/s1. The molecule has 0 fully saturated rings. The van der Waals surface area contributed by atoms with Crippen LogP contribution in [0.15, 0.2) is 127 Å². The number of nitrogens with two attached hydrogens (primary N) is 1. The highest BCUT2D eigenvalue weighted by Crippen LogP contribution is 2.26. The number of halogens is 2. The second kappa shape index (κ2) is 18.0. The van der Waals surface area contributed by atoms with Crippen molar-refractivity contribution in [1.29, 1.82) is 0 Å². The highest BCUT2D eigenvalue weighted by atomic mass is 35.5. The molecule has 0 aliphatic heterocycles. The molecule has 0 heterocycles. The predicted molar refractivity (Wildman–Crippen MR) is 197 cm³/mol. The summed E-state index contributed by atoms with van der Waals surface area (Å²) in [6.07, 6.45) is 0.416. The lowest BCUT2D eigenvalue weighted by Gasteiger charge is -2.24. The number of rotatable bonds is 15. The Labute approximate surface area is 302 Å². The molecule has 5 aromatic carbocycles. The van der Waals surface area contributed by atoms with E-state index in [2.05, 4.69) is 16.0 Å². The van der Waals surface area contributed by atoms with Crippen molar-refractivity contribution in [2.24, 2.45) is 5.73 Å². The van der Waals surface area contributed by atoms with Gasteiger partial charge in [-0.25, -0.2) is 0 Å². The first-order valence-corrected chi connectivity index (χ1v) is 16.9. The molecule has 0 saturated heterocycles. The number of carbonyl (C=O) groups excluding carboxylic acids is 3. The van der Waals surface area contributed by atoms with Gasteiger partial charge in [-0.15, -0.1) is 0 Å². The van der Waals surface area contributed by atoms with Crippen LogP contribution in [-0.4, -0.2) is 29.8 Å². The molecular formula is C40H38Cl2N4O4. The first-order chi connectivity index (χ1) is 24.3. The Morgan fingerprint density at radius 2 is 1.14 bits per heavy atom. The highest BCUT2D eigenvalue weighted by Gasteiger charge is 2.28. The van der Waals surface area contributed by atoms with Crippen molar-refractivity contribution in [3.8, 4) is 5.75 Å². The van der Waals surface area contributed by atoms with E-state index in [1.165, 1.54) is 0 Å². The maximum absolute atomic E-state index is 14.0. The van der Waals surface area contributed by atoms with Gasteiger partial charge in [0.05, 0.1) is 0 Å². The molecular weight excluding hydrogens is 671 g/mol. The van der Waals surface area contributed by atoms with Gasteiger partial charge in [-0.05, 0) is 58.7 Å². The zero-order valence-corrected chi connectivity index (χ0v) is 28.8. The minimum absolute atomic E-state index is 0.161. The summed E-state index contributed by atoms with van der Waals surface area (Å²) in [5.74, 6) is -0.673. The Kier molecular flexibility index (Phi) is 13.0. The van der Waals surface area contributed by atoms with Crippen molar-refractivity contribution < 1.29 is 19.1 Å². The van der Waals surface area contributed by atoms with Crippen LogP contribution < -0.4 is 26.4 Å². The minimum Gasteiger partial charge on any atom is -0.489 e. The van der Waals surface area contributed by atoms with Crippen LogP contribution in [0, 0.1) is 0 Å². The third-order valence-electron chi connectivity index (χ3n) is 8.11. The molecule has 0 unspecified atom stereocenters. The van der Waals surface area contributed by atoms with Gasteiger partial charge in [0.2, 0.25) is 11.8 Å².